The SMILES string of the molecule is Cn1ccc(P(C)(C)=O)c1/C=C1\C(=O)Nc2cc(-c3ccccc3)ccc21. The van der Waals surface area contributed by atoms with Crippen molar-refractivity contribution in [2.45, 2.75) is 0 Å². The van der Waals surface area contributed by atoms with Crippen molar-refractivity contribution in [3.63, 3.8) is 0 Å². The van der Waals surface area contributed by atoms with Gasteiger partial charge in [-0.05, 0) is 42.7 Å². The number of rotatable bonds is 3. The van der Waals surface area contributed by atoms with Crippen molar-refractivity contribution < 1.29 is 9.36 Å². The van der Waals surface area contributed by atoms with Crippen LogP contribution in [0.1, 0.15) is 11.3 Å². The molecule has 0 radical (unpaired) electrons. The fourth-order valence-electron chi connectivity index (χ4n) is 3.44. The van der Waals surface area contributed by atoms with Gasteiger partial charge in [0.05, 0.1) is 11.3 Å². The third kappa shape index (κ3) is 3.17. The zero-order valence-electron chi connectivity index (χ0n) is 15.6. The molecule has 1 aliphatic heterocycles. The molecule has 136 valence electrons. The van der Waals surface area contributed by atoms with E-state index >= 15 is 0 Å². The van der Waals surface area contributed by atoms with Crippen molar-refractivity contribution >= 4 is 35.7 Å². The van der Waals surface area contributed by atoms with Crippen LogP contribution in [0.5, 0.6) is 0 Å². The molecule has 1 aliphatic rings. The Hall–Kier alpha value is -2.84. The lowest BCUT2D eigenvalue weighted by Gasteiger charge is -2.09. The fraction of sp³-hybridized carbons (Fsp3) is 0.136. The molecule has 5 heteroatoms. The molecule has 0 spiro atoms. The van der Waals surface area contributed by atoms with Crippen LogP contribution < -0.4 is 10.6 Å². The summed E-state index contributed by atoms with van der Waals surface area (Å²) in [5.74, 6) is -0.135. The van der Waals surface area contributed by atoms with Crippen LogP contribution in [0.4, 0.5) is 5.69 Å². The van der Waals surface area contributed by atoms with Crippen LogP contribution in [-0.4, -0.2) is 23.8 Å². The summed E-state index contributed by atoms with van der Waals surface area (Å²) < 4.78 is 14.5. The van der Waals surface area contributed by atoms with Crippen LogP contribution in [0.2, 0.25) is 0 Å². The van der Waals surface area contributed by atoms with E-state index in [2.05, 4.69) is 5.32 Å². The molecule has 3 aromatic rings. The van der Waals surface area contributed by atoms with Crippen molar-refractivity contribution in [1.82, 2.24) is 4.57 Å². The molecule has 1 N–H and O–H groups in total. The predicted molar refractivity (Wildman–Crippen MR) is 113 cm³/mol. The molecule has 2 heterocycles. The van der Waals surface area contributed by atoms with E-state index in [0.717, 1.165) is 33.4 Å². The quantitative estimate of drug-likeness (QED) is 0.543. The monoisotopic (exact) mass is 376 g/mol. The molecular formula is C22H21N2O2P. The Bertz CT molecular complexity index is 1120. The fourth-order valence-corrected chi connectivity index (χ4v) is 4.64. The van der Waals surface area contributed by atoms with E-state index in [-0.39, 0.29) is 5.91 Å². The molecule has 0 saturated heterocycles. The highest BCUT2D eigenvalue weighted by atomic mass is 31.2. The number of aromatic nitrogens is 1. The number of nitrogens with one attached hydrogen (secondary N) is 1. The van der Waals surface area contributed by atoms with Gasteiger partial charge in [0.2, 0.25) is 0 Å². The number of carbonyl (C=O) groups is 1. The number of amides is 1. The van der Waals surface area contributed by atoms with Gasteiger partial charge < -0.3 is 14.4 Å². The van der Waals surface area contributed by atoms with Crippen LogP contribution in [0, 0.1) is 0 Å². The molecule has 1 amide bonds. The Morgan fingerprint density at radius 2 is 1.74 bits per heavy atom. The molecule has 27 heavy (non-hydrogen) atoms. The number of hydrogen-bond donors (Lipinski definition) is 1. The number of nitrogens with zero attached hydrogens (tertiary/aromatic N) is 1. The largest absolute Gasteiger partial charge is 0.350 e. The summed E-state index contributed by atoms with van der Waals surface area (Å²) in [6, 6.07) is 17.9. The van der Waals surface area contributed by atoms with Crippen molar-refractivity contribution in [2.24, 2.45) is 7.05 Å². The van der Waals surface area contributed by atoms with Gasteiger partial charge >= 0.3 is 0 Å². The van der Waals surface area contributed by atoms with E-state index in [9.17, 15) is 9.36 Å². The number of benzene rings is 2. The second-order valence-electron chi connectivity index (χ2n) is 7.19. The normalized spacial score (nSPS) is 15.1. The van der Waals surface area contributed by atoms with Gasteiger partial charge in [0.25, 0.3) is 5.91 Å². The average Bonchev–Trinajstić information content (AvgIpc) is 3.15. The summed E-state index contributed by atoms with van der Waals surface area (Å²) in [5.41, 5.74) is 5.25. The molecule has 0 unspecified atom stereocenters. The molecule has 0 aliphatic carbocycles. The van der Waals surface area contributed by atoms with E-state index in [1.807, 2.05) is 78.5 Å². The molecular weight excluding hydrogens is 355 g/mol. The Balaban J connectivity index is 1.81. The highest BCUT2D eigenvalue weighted by Gasteiger charge is 2.26. The van der Waals surface area contributed by atoms with Crippen molar-refractivity contribution in [3.05, 3.63) is 72.1 Å². The lowest BCUT2D eigenvalue weighted by atomic mass is 10.00. The molecule has 0 saturated carbocycles. The van der Waals surface area contributed by atoms with Crippen LogP contribution in [0.15, 0.2) is 60.8 Å². The van der Waals surface area contributed by atoms with E-state index < -0.39 is 7.14 Å². The Kier molecular flexibility index (Phi) is 4.16. The van der Waals surface area contributed by atoms with Crippen LogP contribution >= 0.6 is 7.14 Å². The van der Waals surface area contributed by atoms with Crippen molar-refractivity contribution in [1.29, 1.82) is 0 Å². The molecule has 0 bridgehead atoms. The summed E-state index contributed by atoms with van der Waals surface area (Å²) in [7, 11) is -0.540. The molecule has 4 rings (SSSR count). The highest BCUT2D eigenvalue weighted by Crippen LogP contribution is 2.39. The zero-order valence-corrected chi connectivity index (χ0v) is 16.5. The minimum Gasteiger partial charge on any atom is -0.350 e. The van der Waals surface area contributed by atoms with Gasteiger partial charge in [-0.25, -0.2) is 0 Å². The van der Waals surface area contributed by atoms with Crippen molar-refractivity contribution in [3.8, 4) is 11.1 Å². The maximum Gasteiger partial charge on any atom is 0.256 e. The molecule has 0 fully saturated rings. The Morgan fingerprint density at radius 3 is 2.44 bits per heavy atom. The molecule has 0 atom stereocenters. The van der Waals surface area contributed by atoms with Gasteiger partial charge in [-0.15, -0.1) is 0 Å². The predicted octanol–water partition coefficient (Wildman–Crippen LogP) is 4.43. The van der Waals surface area contributed by atoms with Gasteiger partial charge in [0.15, 0.2) is 0 Å². The number of anilines is 1. The second-order valence-corrected chi connectivity index (χ2v) is 10.4. The van der Waals surface area contributed by atoms with E-state index in [1.165, 1.54) is 0 Å². The maximum absolute atomic E-state index is 12.6. The van der Waals surface area contributed by atoms with E-state index in [0.29, 0.717) is 5.57 Å². The van der Waals surface area contributed by atoms with Gasteiger partial charge in [-0.3, -0.25) is 4.79 Å². The first-order valence-corrected chi connectivity index (χ1v) is 11.4. The van der Waals surface area contributed by atoms with Gasteiger partial charge in [0, 0.05) is 29.8 Å². The zero-order chi connectivity index (χ0) is 19.2. The smallest absolute Gasteiger partial charge is 0.256 e. The van der Waals surface area contributed by atoms with Gasteiger partial charge in [-0.1, -0.05) is 42.5 Å². The number of carbonyl (C=O) groups excluding carboxylic acids is 1. The Morgan fingerprint density at radius 1 is 1.00 bits per heavy atom. The van der Waals surface area contributed by atoms with Crippen LogP contribution in [0.25, 0.3) is 22.8 Å². The first-order valence-electron chi connectivity index (χ1n) is 8.78. The summed E-state index contributed by atoms with van der Waals surface area (Å²) >= 11 is 0. The third-order valence-corrected chi connectivity index (χ3v) is 6.41. The van der Waals surface area contributed by atoms with Crippen LogP contribution in [0.3, 0.4) is 0 Å². The minimum atomic E-state index is -2.44. The second kappa shape index (κ2) is 6.40. The van der Waals surface area contributed by atoms with Crippen LogP contribution in [-0.2, 0) is 16.4 Å². The molecule has 1 aromatic heterocycles. The average molecular weight is 376 g/mol. The summed E-state index contributed by atoms with van der Waals surface area (Å²) in [5, 5.41) is 3.75. The standard InChI is InChI=1S/C22H21N2O2P/c1-24-12-11-21(27(2,3)26)20(24)14-18-17-10-9-16(13-19(17)23-22(18)25)15-7-5-4-6-8-15/h4-14H,1-3H3,(H,23,25)/b18-14-. The molecule has 4 nitrogen and oxygen atoms in total. The summed E-state index contributed by atoms with van der Waals surface area (Å²) in [6.45, 7) is 3.50. The first kappa shape index (κ1) is 17.6. The van der Waals surface area contributed by atoms with E-state index in [1.54, 1.807) is 13.3 Å². The Labute approximate surface area is 158 Å². The van der Waals surface area contributed by atoms with Gasteiger partial charge in [0.1, 0.15) is 7.14 Å². The third-order valence-electron chi connectivity index (χ3n) is 4.87. The maximum atomic E-state index is 12.6. The highest BCUT2D eigenvalue weighted by molar-refractivity contribution is 7.70. The van der Waals surface area contributed by atoms with E-state index in [4.69, 9.17) is 0 Å². The lowest BCUT2D eigenvalue weighted by Crippen LogP contribution is -2.09. The topological polar surface area (TPSA) is 51.1 Å². The number of fused-ring (bicyclic) bond motifs is 1. The minimum absolute atomic E-state index is 0.135. The number of aryl methyl sites for hydroxylation is 1. The molecule has 2 aromatic carbocycles. The first-order chi connectivity index (χ1) is 12.8. The summed E-state index contributed by atoms with van der Waals surface area (Å²) in [6.07, 6.45) is 3.73. The summed E-state index contributed by atoms with van der Waals surface area (Å²) in [4.78, 5) is 12.6. The van der Waals surface area contributed by atoms with Gasteiger partial charge in [-0.2, -0.15) is 0 Å². The number of hydrogen-bond acceptors (Lipinski definition) is 2. The lowest BCUT2D eigenvalue weighted by molar-refractivity contribution is -0.110. The van der Waals surface area contributed by atoms with Crippen molar-refractivity contribution in [2.75, 3.05) is 18.6 Å².